The lowest BCUT2D eigenvalue weighted by Crippen LogP contribution is -2.73. The lowest BCUT2D eigenvalue weighted by atomic mass is 9.84. The molecule has 1 aliphatic heterocycles. The molecular weight excluding hydrogens is 837 g/mol. The molecule has 14 rings (SSSR count). The third kappa shape index (κ3) is 5.23. The highest BCUT2D eigenvalue weighted by Gasteiger charge is 2.50. The molecule has 13 aromatic rings. The van der Waals surface area contributed by atoms with E-state index in [0.717, 1.165) is 0 Å². The van der Waals surface area contributed by atoms with Gasteiger partial charge in [-0.2, -0.15) is 0 Å². The topological polar surface area (TPSA) is 0 Å². The van der Waals surface area contributed by atoms with Gasteiger partial charge in [-0.15, -0.1) is 22.7 Å². The third-order valence-corrected chi connectivity index (χ3v) is 21.4. The monoisotopic (exact) mass is 874 g/mol. The van der Waals surface area contributed by atoms with E-state index < -0.39 is 8.07 Å². The van der Waals surface area contributed by atoms with Crippen molar-refractivity contribution in [2.24, 2.45) is 0 Å². The van der Waals surface area contributed by atoms with Crippen LogP contribution >= 0.6 is 22.7 Å². The maximum Gasteiger partial charge on any atom is 0.181 e. The summed E-state index contributed by atoms with van der Waals surface area (Å²) in [6.07, 6.45) is 0. The largest absolute Gasteiger partial charge is 0.181 e. The first kappa shape index (κ1) is 37.0. The van der Waals surface area contributed by atoms with Gasteiger partial charge in [0.1, 0.15) is 0 Å². The molecule has 65 heavy (non-hydrogen) atoms. The van der Waals surface area contributed by atoms with Gasteiger partial charge in [0.15, 0.2) is 8.07 Å². The van der Waals surface area contributed by atoms with Gasteiger partial charge >= 0.3 is 0 Å². The SMILES string of the molecule is c1ccc([Si]2(c3ccccc3)c3ccccc3-c3cccc(-c4c5cccc(-c6cccc7sc8ccccc8c67)c5cc5c(-c6cccc7sc8ccccc8c67)cccc45)c32)cc1. The second-order valence-electron chi connectivity index (χ2n) is 17.4. The molecule has 1 aliphatic rings. The van der Waals surface area contributed by atoms with E-state index >= 15 is 0 Å². The zero-order valence-corrected chi connectivity index (χ0v) is 37.9. The van der Waals surface area contributed by atoms with Crippen LogP contribution in [0.2, 0.25) is 0 Å². The fraction of sp³-hybridized carbons (Fsp3) is 0. The molecule has 0 fully saturated rings. The lowest BCUT2D eigenvalue weighted by molar-refractivity contribution is 1.67. The summed E-state index contributed by atoms with van der Waals surface area (Å²) in [7, 11) is -2.90. The maximum absolute atomic E-state index is 2.90. The van der Waals surface area contributed by atoms with E-state index in [4.69, 9.17) is 0 Å². The molecule has 0 atom stereocenters. The van der Waals surface area contributed by atoms with Crippen LogP contribution in [-0.4, -0.2) is 8.07 Å². The Hall–Kier alpha value is -7.40. The minimum Gasteiger partial charge on any atom is -0.135 e. The van der Waals surface area contributed by atoms with Crippen LogP contribution in [0.1, 0.15) is 0 Å². The summed E-state index contributed by atoms with van der Waals surface area (Å²) < 4.78 is 5.28. The Kier molecular flexibility index (Phi) is 8.15. The molecule has 0 saturated heterocycles. The number of rotatable bonds is 5. The zero-order chi connectivity index (χ0) is 42.6. The average molecular weight is 875 g/mol. The van der Waals surface area contributed by atoms with E-state index in [1.54, 1.807) is 0 Å². The quantitative estimate of drug-likeness (QED) is 0.119. The summed E-state index contributed by atoms with van der Waals surface area (Å²) >= 11 is 3.78. The smallest absolute Gasteiger partial charge is 0.135 e. The van der Waals surface area contributed by atoms with E-state index in [1.807, 2.05) is 22.7 Å². The Bertz CT molecular complexity index is 3850. The molecule has 2 aromatic heterocycles. The van der Waals surface area contributed by atoms with Crippen LogP contribution < -0.4 is 20.7 Å². The second-order valence-corrected chi connectivity index (χ2v) is 23.2. The summed E-state index contributed by atoms with van der Waals surface area (Å²) in [5.41, 5.74) is 10.4. The number of fused-ring (bicyclic) bond motifs is 11. The van der Waals surface area contributed by atoms with Crippen molar-refractivity contribution in [1.29, 1.82) is 0 Å². The van der Waals surface area contributed by atoms with Gasteiger partial charge in [-0.25, -0.2) is 0 Å². The van der Waals surface area contributed by atoms with Gasteiger partial charge in [-0.05, 0) is 117 Å². The Labute approximate surface area is 386 Å². The Morgan fingerprint density at radius 2 is 0.662 bits per heavy atom. The minimum absolute atomic E-state index is 1.26. The molecule has 11 aromatic carbocycles. The fourth-order valence-electron chi connectivity index (χ4n) is 11.6. The van der Waals surface area contributed by atoms with Gasteiger partial charge in [0.25, 0.3) is 0 Å². The van der Waals surface area contributed by atoms with Crippen molar-refractivity contribution >= 4 is 113 Å². The molecule has 0 radical (unpaired) electrons. The number of hydrogen-bond donors (Lipinski definition) is 0. The van der Waals surface area contributed by atoms with E-state index in [1.165, 1.54) is 127 Å². The fourth-order valence-corrected chi connectivity index (χ4v) is 19.3. The van der Waals surface area contributed by atoms with Crippen molar-refractivity contribution in [2.75, 3.05) is 0 Å². The number of hydrogen-bond acceptors (Lipinski definition) is 2. The van der Waals surface area contributed by atoms with Crippen LogP contribution in [0.3, 0.4) is 0 Å². The van der Waals surface area contributed by atoms with E-state index in [9.17, 15) is 0 Å². The molecule has 0 nitrogen and oxygen atoms in total. The molecule has 0 saturated carbocycles. The highest BCUT2D eigenvalue weighted by atomic mass is 32.1. The molecule has 3 heteroatoms. The van der Waals surface area contributed by atoms with Gasteiger partial charge in [-0.3, -0.25) is 0 Å². The van der Waals surface area contributed by atoms with Crippen LogP contribution in [0.5, 0.6) is 0 Å². The normalized spacial score (nSPS) is 13.0. The first-order chi connectivity index (χ1) is 32.3. The molecule has 0 bridgehead atoms. The molecule has 302 valence electrons. The third-order valence-electron chi connectivity index (χ3n) is 14.2. The Morgan fingerprint density at radius 3 is 1.25 bits per heavy atom. The molecule has 0 unspecified atom stereocenters. The van der Waals surface area contributed by atoms with Crippen LogP contribution in [0.15, 0.2) is 231 Å². The summed E-state index contributed by atoms with van der Waals surface area (Å²) in [5, 5.41) is 16.1. The highest BCUT2D eigenvalue weighted by molar-refractivity contribution is 7.26. The van der Waals surface area contributed by atoms with Crippen LogP contribution in [0.25, 0.3) is 106 Å². The molecule has 3 heterocycles. The molecule has 0 spiro atoms. The molecule has 0 N–H and O–H groups in total. The minimum atomic E-state index is -2.90. The van der Waals surface area contributed by atoms with E-state index in [2.05, 4.69) is 231 Å². The standard InChI is InChI=1S/C62H38S2Si/c1-3-18-39(19-4-1)65(40-20-5-2-6-21-40)58-37-12-9-22-43(58)48-31-15-32-51(62(48)65)59-46-27-13-25-41(44-29-16-35-56-60(44)49-23-7-10-33-54(49)63-56)52(46)38-53-42(26-14-28-47(53)59)45-30-17-36-57-61(45)50-24-8-11-34-55(50)64-57/h1-38H. The highest BCUT2D eigenvalue weighted by Crippen LogP contribution is 2.49. The van der Waals surface area contributed by atoms with Crippen LogP contribution in [-0.2, 0) is 0 Å². The van der Waals surface area contributed by atoms with Crippen molar-refractivity contribution in [2.45, 2.75) is 0 Å². The maximum atomic E-state index is 2.54. The summed E-state index contributed by atoms with van der Waals surface area (Å²) in [4.78, 5) is 0. The van der Waals surface area contributed by atoms with Crippen molar-refractivity contribution in [3.8, 4) is 44.5 Å². The second kappa shape index (κ2) is 14.3. The summed E-state index contributed by atoms with van der Waals surface area (Å²) in [5.74, 6) is 0. The van der Waals surface area contributed by atoms with Crippen molar-refractivity contribution in [3.05, 3.63) is 231 Å². The Balaban J connectivity index is 1.17. The predicted molar refractivity (Wildman–Crippen MR) is 286 cm³/mol. The van der Waals surface area contributed by atoms with E-state index in [-0.39, 0.29) is 0 Å². The first-order valence-electron chi connectivity index (χ1n) is 22.4. The first-order valence-corrected chi connectivity index (χ1v) is 26.1. The molecule has 0 amide bonds. The zero-order valence-electron chi connectivity index (χ0n) is 35.3. The van der Waals surface area contributed by atoms with Crippen LogP contribution in [0, 0.1) is 0 Å². The van der Waals surface area contributed by atoms with E-state index in [0.29, 0.717) is 0 Å². The lowest BCUT2D eigenvalue weighted by Gasteiger charge is -2.33. The van der Waals surface area contributed by atoms with Gasteiger partial charge < -0.3 is 0 Å². The number of benzene rings is 11. The van der Waals surface area contributed by atoms with Crippen molar-refractivity contribution in [3.63, 3.8) is 0 Å². The van der Waals surface area contributed by atoms with Gasteiger partial charge in [-0.1, -0.05) is 200 Å². The van der Waals surface area contributed by atoms with Crippen molar-refractivity contribution < 1.29 is 0 Å². The summed E-state index contributed by atoms with van der Waals surface area (Å²) in [6, 6.07) is 87.7. The van der Waals surface area contributed by atoms with Crippen molar-refractivity contribution in [1.82, 2.24) is 0 Å². The number of thiophene rings is 2. The molecular formula is C62H38S2Si. The van der Waals surface area contributed by atoms with Crippen LogP contribution in [0.4, 0.5) is 0 Å². The van der Waals surface area contributed by atoms with Gasteiger partial charge in [0.05, 0.1) is 0 Å². The summed E-state index contributed by atoms with van der Waals surface area (Å²) in [6.45, 7) is 0. The van der Waals surface area contributed by atoms with Gasteiger partial charge in [0, 0.05) is 40.3 Å². The Morgan fingerprint density at radius 1 is 0.262 bits per heavy atom. The van der Waals surface area contributed by atoms with Gasteiger partial charge in [0.2, 0.25) is 0 Å². The predicted octanol–water partition coefficient (Wildman–Crippen LogP) is 15.1. The molecule has 0 aliphatic carbocycles. The average Bonchev–Trinajstić information content (AvgIpc) is 4.05.